The third-order valence-corrected chi connectivity index (χ3v) is 3.92. The van der Waals surface area contributed by atoms with Crippen LogP contribution in [0.3, 0.4) is 0 Å². The van der Waals surface area contributed by atoms with Gasteiger partial charge in [0, 0.05) is 25.7 Å². The Kier molecular flexibility index (Phi) is 9.70. The topological polar surface area (TPSA) is 67.3 Å². The molecule has 1 aliphatic carbocycles. The summed E-state index contributed by atoms with van der Waals surface area (Å²) in [5.74, 6) is 0. The highest BCUT2D eigenvalue weighted by molar-refractivity contribution is 4.94. The molecule has 0 aliphatic heterocycles. The Morgan fingerprint density at radius 3 is 2.19 bits per heavy atom. The van der Waals surface area contributed by atoms with Crippen LogP contribution < -0.4 is 16.8 Å². The van der Waals surface area contributed by atoms with Crippen LogP contribution in [-0.4, -0.2) is 51.2 Å². The Hall–Kier alpha value is -0.160. The molecule has 2 atom stereocenters. The lowest BCUT2D eigenvalue weighted by molar-refractivity contribution is 0.0600. The molecule has 4 nitrogen and oxygen atoms in total. The lowest BCUT2D eigenvalue weighted by Crippen LogP contribution is -2.46. The van der Waals surface area contributed by atoms with Crippen molar-refractivity contribution in [3.05, 3.63) is 0 Å². The second-order valence-corrected chi connectivity index (χ2v) is 8.10. The summed E-state index contributed by atoms with van der Waals surface area (Å²) >= 11 is 0. The second-order valence-electron chi connectivity index (χ2n) is 8.10. The fourth-order valence-electron chi connectivity index (χ4n) is 4.00. The molecule has 0 bridgehead atoms. The van der Waals surface area contributed by atoms with E-state index in [1.807, 2.05) is 0 Å². The van der Waals surface area contributed by atoms with E-state index < -0.39 is 0 Å². The van der Waals surface area contributed by atoms with Crippen LogP contribution in [0.5, 0.6) is 0 Å². The first-order chi connectivity index (χ1) is 9.64. The number of nitrogens with two attached hydrogens (primary N) is 2. The Morgan fingerprint density at radius 2 is 1.76 bits per heavy atom. The highest BCUT2D eigenvalue weighted by Gasteiger charge is 2.40. The maximum atomic E-state index is 6.14. The lowest BCUT2D eigenvalue weighted by Gasteiger charge is -2.46. The summed E-state index contributed by atoms with van der Waals surface area (Å²) in [5, 5.41) is 3.16. The molecule has 0 amide bonds. The van der Waals surface area contributed by atoms with Crippen molar-refractivity contribution in [2.45, 2.75) is 59.4 Å². The van der Waals surface area contributed by atoms with Crippen molar-refractivity contribution in [1.29, 1.82) is 0 Å². The maximum Gasteiger partial charge on any atom is 0.00744 e. The van der Waals surface area contributed by atoms with Crippen molar-refractivity contribution in [2.75, 3.05) is 40.3 Å². The predicted molar refractivity (Wildman–Crippen MR) is 94.5 cm³/mol. The molecule has 0 saturated heterocycles. The summed E-state index contributed by atoms with van der Waals surface area (Å²) in [4.78, 5) is 2.29. The van der Waals surface area contributed by atoms with Crippen LogP contribution in [0.2, 0.25) is 0 Å². The molecule has 21 heavy (non-hydrogen) atoms. The second kappa shape index (κ2) is 9.78. The minimum Gasteiger partial charge on any atom is -0.329 e. The normalized spacial score (nSPS) is 28.1. The van der Waals surface area contributed by atoms with Gasteiger partial charge in [0.1, 0.15) is 0 Å². The van der Waals surface area contributed by atoms with E-state index >= 15 is 0 Å². The van der Waals surface area contributed by atoms with Crippen LogP contribution in [-0.2, 0) is 0 Å². The molecule has 0 heterocycles. The summed E-state index contributed by atoms with van der Waals surface area (Å²) in [5.41, 5.74) is 12.2. The van der Waals surface area contributed by atoms with E-state index in [-0.39, 0.29) is 0 Å². The molecule has 2 unspecified atom stereocenters. The van der Waals surface area contributed by atoms with E-state index in [1.165, 1.54) is 25.7 Å². The van der Waals surface area contributed by atoms with Crippen molar-refractivity contribution in [3.8, 4) is 0 Å². The van der Waals surface area contributed by atoms with Crippen molar-refractivity contribution >= 4 is 0 Å². The van der Waals surface area contributed by atoms with Crippen LogP contribution in [0.1, 0.15) is 53.4 Å². The van der Waals surface area contributed by atoms with E-state index in [4.69, 9.17) is 11.5 Å². The third kappa shape index (κ3) is 10.2. The largest absolute Gasteiger partial charge is 0.329 e. The summed E-state index contributed by atoms with van der Waals surface area (Å²) in [6, 6.07) is 0.392. The van der Waals surface area contributed by atoms with Gasteiger partial charge in [-0.05, 0) is 57.2 Å². The van der Waals surface area contributed by atoms with Crippen molar-refractivity contribution in [3.63, 3.8) is 0 Å². The van der Waals surface area contributed by atoms with Crippen LogP contribution in [0.15, 0.2) is 0 Å². The summed E-state index contributed by atoms with van der Waals surface area (Å²) in [6.07, 6.45) is 4.84. The zero-order chi connectivity index (χ0) is 16.5. The van der Waals surface area contributed by atoms with E-state index in [9.17, 15) is 0 Å². The summed E-state index contributed by atoms with van der Waals surface area (Å²) in [7, 11) is 4.30. The van der Waals surface area contributed by atoms with E-state index in [2.05, 4.69) is 52.0 Å². The average Bonchev–Trinajstić information content (AvgIpc) is 2.25. The third-order valence-electron chi connectivity index (χ3n) is 3.92. The van der Waals surface area contributed by atoms with Gasteiger partial charge in [-0.2, -0.15) is 0 Å². The highest BCUT2D eigenvalue weighted by atomic mass is 15.1. The molecular formula is C17H40N4. The molecule has 0 aromatic rings. The molecule has 1 fully saturated rings. The molecule has 1 saturated carbocycles. The van der Waals surface area contributed by atoms with Crippen molar-refractivity contribution in [2.24, 2.45) is 22.3 Å². The van der Waals surface area contributed by atoms with Gasteiger partial charge >= 0.3 is 0 Å². The molecule has 0 radical (unpaired) electrons. The number of nitrogens with one attached hydrogen (secondary N) is 1. The van der Waals surface area contributed by atoms with E-state index in [0.717, 1.165) is 26.2 Å². The fourth-order valence-corrected chi connectivity index (χ4v) is 4.00. The average molecular weight is 301 g/mol. The van der Waals surface area contributed by atoms with Gasteiger partial charge in [-0.3, -0.25) is 0 Å². The Balaban J connectivity index is 0.000000486. The van der Waals surface area contributed by atoms with Gasteiger partial charge in [-0.15, -0.1) is 0 Å². The highest BCUT2D eigenvalue weighted by Crippen LogP contribution is 2.45. The Labute approximate surface area is 133 Å². The van der Waals surface area contributed by atoms with Gasteiger partial charge in [0.2, 0.25) is 0 Å². The molecule has 1 rings (SSSR count). The molecule has 5 N–H and O–H groups in total. The van der Waals surface area contributed by atoms with E-state index in [1.54, 1.807) is 0 Å². The van der Waals surface area contributed by atoms with Gasteiger partial charge in [-0.25, -0.2) is 0 Å². The Bertz CT molecular complexity index is 258. The Morgan fingerprint density at radius 1 is 1.14 bits per heavy atom. The smallest absolute Gasteiger partial charge is 0.00744 e. The van der Waals surface area contributed by atoms with Gasteiger partial charge < -0.3 is 21.7 Å². The fraction of sp³-hybridized carbons (Fsp3) is 1.00. The monoisotopic (exact) mass is 300 g/mol. The zero-order valence-corrected chi connectivity index (χ0v) is 15.3. The molecule has 0 aromatic heterocycles. The maximum absolute atomic E-state index is 6.14. The molecule has 128 valence electrons. The molecule has 0 spiro atoms. The number of rotatable bonds is 6. The molecule has 0 aromatic carbocycles. The van der Waals surface area contributed by atoms with E-state index in [0.29, 0.717) is 16.9 Å². The number of nitrogens with zero attached hydrogens (tertiary/aromatic N) is 1. The van der Waals surface area contributed by atoms with Crippen LogP contribution >= 0.6 is 0 Å². The van der Waals surface area contributed by atoms with Crippen molar-refractivity contribution in [1.82, 2.24) is 10.2 Å². The molecular weight excluding hydrogens is 260 g/mol. The minimum absolute atomic E-state index is 0.392. The lowest BCUT2D eigenvalue weighted by atomic mass is 9.62. The SMILES string of the molecule is CCCNCCN.CN(C)CC1(C)CC(N)CC(C)(C)C1. The predicted octanol–water partition coefficient (Wildman–Crippen LogP) is 2.04. The van der Waals surface area contributed by atoms with Gasteiger partial charge in [0.25, 0.3) is 0 Å². The first-order valence-electron chi connectivity index (χ1n) is 8.45. The van der Waals surface area contributed by atoms with Gasteiger partial charge in [0.15, 0.2) is 0 Å². The quantitative estimate of drug-likeness (QED) is 0.657. The number of hydrogen-bond donors (Lipinski definition) is 3. The summed E-state index contributed by atoms with van der Waals surface area (Å²) in [6.45, 7) is 13.2. The van der Waals surface area contributed by atoms with Crippen LogP contribution in [0.4, 0.5) is 0 Å². The van der Waals surface area contributed by atoms with Crippen molar-refractivity contribution < 1.29 is 0 Å². The molecule has 1 aliphatic rings. The zero-order valence-electron chi connectivity index (χ0n) is 15.3. The minimum atomic E-state index is 0.392. The van der Waals surface area contributed by atoms with Gasteiger partial charge in [-0.1, -0.05) is 27.7 Å². The standard InChI is InChI=1S/C12H26N2.C5H14N2/c1-11(2)6-10(13)7-12(3,8-11)9-14(4)5;1-2-4-7-5-3-6/h10H,6-9,13H2,1-5H3;7H,2-6H2,1H3. The van der Waals surface area contributed by atoms with Gasteiger partial charge in [0.05, 0.1) is 0 Å². The number of hydrogen-bond acceptors (Lipinski definition) is 4. The first-order valence-corrected chi connectivity index (χ1v) is 8.45. The summed E-state index contributed by atoms with van der Waals surface area (Å²) < 4.78 is 0. The van der Waals surface area contributed by atoms with Crippen LogP contribution in [0, 0.1) is 10.8 Å². The van der Waals surface area contributed by atoms with Crippen LogP contribution in [0.25, 0.3) is 0 Å². The molecule has 4 heteroatoms. The first kappa shape index (κ1) is 20.8.